The van der Waals surface area contributed by atoms with Crippen LogP contribution in [-0.4, -0.2) is 20.2 Å². The van der Waals surface area contributed by atoms with Crippen LogP contribution in [0.1, 0.15) is 18.1 Å². The molecule has 112 valence electrons. The third-order valence-corrected chi connectivity index (χ3v) is 3.54. The second-order valence-electron chi connectivity index (χ2n) is 5.48. The molecule has 0 aliphatic heterocycles. The third kappa shape index (κ3) is 3.99. The highest BCUT2D eigenvalue weighted by atomic mass is 16.5. The quantitative estimate of drug-likeness (QED) is 0.885. The topological polar surface area (TPSA) is 38.5 Å². The van der Waals surface area contributed by atoms with Crippen molar-refractivity contribution in [3.8, 4) is 5.75 Å². The summed E-state index contributed by atoms with van der Waals surface area (Å²) in [6.45, 7) is 2.84. The lowest BCUT2D eigenvalue weighted by molar-refractivity contribution is 0.409. The van der Waals surface area contributed by atoms with Crippen LogP contribution in [0.25, 0.3) is 0 Å². The summed E-state index contributed by atoms with van der Waals surface area (Å²) in [5.74, 6) is 0.925. The molecule has 0 amide bonds. The standard InChI is InChI=1S/C18H24N2O/c1-14(19)12-15-8-4-6-10-17(15)20(2)13-16-9-5-7-11-18(16)21-3/h4-11,14H,12-13,19H2,1-3H3. The van der Waals surface area contributed by atoms with E-state index < -0.39 is 0 Å². The molecule has 2 aromatic rings. The van der Waals surface area contributed by atoms with Crippen LogP contribution in [0.4, 0.5) is 5.69 Å². The van der Waals surface area contributed by atoms with E-state index in [-0.39, 0.29) is 6.04 Å². The fourth-order valence-electron chi connectivity index (χ4n) is 2.58. The van der Waals surface area contributed by atoms with Crippen LogP contribution in [0.2, 0.25) is 0 Å². The number of benzene rings is 2. The van der Waals surface area contributed by atoms with Gasteiger partial charge < -0.3 is 15.4 Å². The fraction of sp³-hybridized carbons (Fsp3) is 0.333. The summed E-state index contributed by atoms with van der Waals surface area (Å²) in [4.78, 5) is 2.25. The molecular weight excluding hydrogens is 260 g/mol. The molecule has 0 bridgehead atoms. The van der Waals surface area contributed by atoms with Crippen LogP contribution in [-0.2, 0) is 13.0 Å². The van der Waals surface area contributed by atoms with Crippen molar-refractivity contribution < 1.29 is 4.74 Å². The maximum Gasteiger partial charge on any atom is 0.123 e. The molecule has 0 saturated carbocycles. The Morgan fingerprint density at radius 3 is 2.33 bits per heavy atom. The SMILES string of the molecule is COc1ccccc1CN(C)c1ccccc1CC(C)N. The first-order valence-corrected chi connectivity index (χ1v) is 7.28. The minimum absolute atomic E-state index is 0.158. The minimum atomic E-state index is 0.158. The first kappa shape index (κ1) is 15.4. The number of nitrogens with two attached hydrogens (primary N) is 1. The number of rotatable bonds is 6. The molecule has 3 heteroatoms. The molecule has 0 aromatic heterocycles. The van der Waals surface area contributed by atoms with E-state index in [2.05, 4.69) is 42.3 Å². The lowest BCUT2D eigenvalue weighted by Gasteiger charge is -2.24. The van der Waals surface area contributed by atoms with Gasteiger partial charge in [-0.2, -0.15) is 0 Å². The van der Waals surface area contributed by atoms with Gasteiger partial charge >= 0.3 is 0 Å². The Balaban J connectivity index is 2.22. The number of anilines is 1. The largest absolute Gasteiger partial charge is 0.496 e. The monoisotopic (exact) mass is 284 g/mol. The zero-order chi connectivity index (χ0) is 15.2. The molecule has 2 N–H and O–H groups in total. The Morgan fingerprint density at radius 2 is 1.67 bits per heavy atom. The number of nitrogens with zero attached hydrogens (tertiary/aromatic N) is 1. The normalized spacial score (nSPS) is 12.0. The lowest BCUT2D eigenvalue weighted by atomic mass is 10.0. The van der Waals surface area contributed by atoms with Gasteiger partial charge in [0, 0.05) is 30.9 Å². The van der Waals surface area contributed by atoms with E-state index in [1.54, 1.807) is 7.11 Å². The molecule has 2 rings (SSSR count). The Morgan fingerprint density at radius 1 is 1.05 bits per heavy atom. The summed E-state index contributed by atoms with van der Waals surface area (Å²) in [6, 6.07) is 16.7. The van der Waals surface area contributed by atoms with Crippen molar-refractivity contribution >= 4 is 5.69 Å². The fourth-order valence-corrected chi connectivity index (χ4v) is 2.58. The van der Waals surface area contributed by atoms with Gasteiger partial charge in [0.15, 0.2) is 0 Å². The zero-order valence-electron chi connectivity index (χ0n) is 13.0. The molecule has 1 atom stereocenters. The van der Waals surface area contributed by atoms with Gasteiger partial charge in [-0.25, -0.2) is 0 Å². The summed E-state index contributed by atoms with van der Waals surface area (Å²) in [6.07, 6.45) is 0.881. The summed E-state index contributed by atoms with van der Waals surface area (Å²) < 4.78 is 5.43. The van der Waals surface area contributed by atoms with Crippen molar-refractivity contribution in [3.63, 3.8) is 0 Å². The molecule has 3 nitrogen and oxygen atoms in total. The minimum Gasteiger partial charge on any atom is -0.496 e. The molecule has 1 unspecified atom stereocenters. The van der Waals surface area contributed by atoms with Gasteiger partial charge in [-0.3, -0.25) is 0 Å². The second kappa shape index (κ2) is 7.14. The highest BCUT2D eigenvalue weighted by molar-refractivity contribution is 5.54. The lowest BCUT2D eigenvalue weighted by Crippen LogP contribution is -2.22. The van der Waals surface area contributed by atoms with Crippen molar-refractivity contribution in [1.29, 1.82) is 0 Å². The van der Waals surface area contributed by atoms with Crippen LogP contribution < -0.4 is 15.4 Å². The third-order valence-electron chi connectivity index (χ3n) is 3.54. The maximum atomic E-state index is 5.95. The van der Waals surface area contributed by atoms with Gasteiger partial charge in [0.25, 0.3) is 0 Å². The molecular formula is C18H24N2O. The van der Waals surface area contributed by atoms with Crippen molar-refractivity contribution in [2.24, 2.45) is 5.73 Å². The Hall–Kier alpha value is -2.00. The summed E-state index contributed by atoms with van der Waals surface area (Å²) in [5, 5.41) is 0. The number of para-hydroxylation sites is 2. The first-order chi connectivity index (χ1) is 10.1. The van der Waals surface area contributed by atoms with Gasteiger partial charge in [0.05, 0.1) is 7.11 Å². The number of hydrogen-bond acceptors (Lipinski definition) is 3. The second-order valence-corrected chi connectivity index (χ2v) is 5.48. The van der Waals surface area contributed by atoms with Gasteiger partial charge in [-0.1, -0.05) is 36.4 Å². The number of hydrogen-bond donors (Lipinski definition) is 1. The van der Waals surface area contributed by atoms with Crippen LogP contribution in [0.15, 0.2) is 48.5 Å². The highest BCUT2D eigenvalue weighted by Gasteiger charge is 2.11. The number of methoxy groups -OCH3 is 1. The van der Waals surface area contributed by atoms with Crippen LogP contribution in [0.3, 0.4) is 0 Å². The Bertz CT molecular complexity index is 581. The molecule has 0 saturated heterocycles. The van der Waals surface area contributed by atoms with Crippen molar-refractivity contribution in [2.75, 3.05) is 19.1 Å². The molecule has 0 aliphatic carbocycles. The summed E-state index contributed by atoms with van der Waals surface area (Å²) >= 11 is 0. The van der Waals surface area contributed by atoms with E-state index in [9.17, 15) is 0 Å². The molecule has 0 spiro atoms. The summed E-state index contributed by atoms with van der Waals surface area (Å²) in [7, 11) is 3.81. The van der Waals surface area contributed by atoms with E-state index in [0.29, 0.717) is 0 Å². The van der Waals surface area contributed by atoms with Crippen molar-refractivity contribution in [1.82, 2.24) is 0 Å². The van der Waals surface area contributed by atoms with E-state index >= 15 is 0 Å². The average molecular weight is 284 g/mol. The molecule has 0 aliphatic rings. The van der Waals surface area contributed by atoms with Crippen molar-refractivity contribution in [2.45, 2.75) is 25.9 Å². The smallest absolute Gasteiger partial charge is 0.123 e. The van der Waals surface area contributed by atoms with Crippen molar-refractivity contribution in [3.05, 3.63) is 59.7 Å². The predicted octanol–water partition coefficient (Wildman–Crippen LogP) is 3.22. The van der Waals surface area contributed by atoms with Crippen LogP contribution in [0.5, 0.6) is 5.75 Å². The van der Waals surface area contributed by atoms with Crippen LogP contribution in [0, 0.1) is 0 Å². The molecule has 0 radical (unpaired) electrons. The average Bonchev–Trinajstić information content (AvgIpc) is 2.47. The predicted molar refractivity (Wildman–Crippen MR) is 88.9 cm³/mol. The maximum absolute atomic E-state index is 5.95. The van der Waals surface area contributed by atoms with E-state index in [4.69, 9.17) is 10.5 Å². The van der Waals surface area contributed by atoms with Gasteiger partial charge in [-0.05, 0) is 31.0 Å². The zero-order valence-corrected chi connectivity index (χ0v) is 13.0. The van der Waals surface area contributed by atoms with E-state index in [1.165, 1.54) is 16.8 Å². The van der Waals surface area contributed by atoms with Crippen LogP contribution >= 0.6 is 0 Å². The van der Waals surface area contributed by atoms with Gasteiger partial charge in [0.1, 0.15) is 5.75 Å². The molecule has 0 fully saturated rings. The van der Waals surface area contributed by atoms with Gasteiger partial charge in [-0.15, -0.1) is 0 Å². The Labute approximate surface area is 127 Å². The van der Waals surface area contributed by atoms with E-state index in [0.717, 1.165) is 18.7 Å². The van der Waals surface area contributed by atoms with E-state index in [1.807, 2.05) is 25.1 Å². The molecule has 21 heavy (non-hydrogen) atoms. The molecule has 0 heterocycles. The summed E-state index contributed by atoms with van der Waals surface area (Å²) in [5.41, 5.74) is 9.64. The Kier molecular flexibility index (Phi) is 5.23. The number of ether oxygens (including phenoxy) is 1. The first-order valence-electron chi connectivity index (χ1n) is 7.28. The highest BCUT2D eigenvalue weighted by Crippen LogP contribution is 2.25. The van der Waals surface area contributed by atoms with Gasteiger partial charge in [0.2, 0.25) is 0 Å². The molecule has 2 aromatic carbocycles.